The SMILES string of the molecule is CN(CCc1ccncc1)C(=O)CN1C(=O)S/C(=C/c2ccccc2)C1=O. The summed E-state index contributed by atoms with van der Waals surface area (Å²) in [5.41, 5.74) is 1.91. The van der Waals surface area contributed by atoms with Crippen molar-refractivity contribution in [2.75, 3.05) is 20.1 Å². The Labute approximate surface area is 161 Å². The number of rotatable bonds is 6. The fraction of sp³-hybridized carbons (Fsp3) is 0.200. The Morgan fingerprint density at radius 3 is 2.56 bits per heavy atom. The van der Waals surface area contributed by atoms with E-state index in [0.717, 1.165) is 27.8 Å². The molecule has 0 radical (unpaired) electrons. The van der Waals surface area contributed by atoms with Crippen LogP contribution in [0.3, 0.4) is 0 Å². The van der Waals surface area contributed by atoms with Gasteiger partial charge in [0.05, 0.1) is 4.91 Å². The number of pyridine rings is 1. The van der Waals surface area contributed by atoms with Crippen LogP contribution in [0.25, 0.3) is 6.08 Å². The van der Waals surface area contributed by atoms with E-state index in [1.165, 1.54) is 4.90 Å². The summed E-state index contributed by atoms with van der Waals surface area (Å²) in [6, 6.07) is 13.1. The van der Waals surface area contributed by atoms with E-state index in [9.17, 15) is 14.4 Å². The van der Waals surface area contributed by atoms with E-state index in [1.807, 2.05) is 42.5 Å². The number of thioether (sulfide) groups is 1. The summed E-state index contributed by atoms with van der Waals surface area (Å²) in [6.07, 6.45) is 5.76. The molecule has 1 saturated heterocycles. The maximum absolute atomic E-state index is 12.5. The second kappa shape index (κ2) is 8.64. The van der Waals surface area contributed by atoms with Crippen molar-refractivity contribution in [3.63, 3.8) is 0 Å². The van der Waals surface area contributed by atoms with E-state index >= 15 is 0 Å². The second-order valence-electron chi connectivity index (χ2n) is 6.10. The summed E-state index contributed by atoms with van der Waals surface area (Å²) in [5.74, 6) is -0.697. The van der Waals surface area contributed by atoms with Gasteiger partial charge in [0, 0.05) is 26.0 Å². The van der Waals surface area contributed by atoms with Crippen LogP contribution in [0.1, 0.15) is 11.1 Å². The zero-order valence-electron chi connectivity index (χ0n) is 14.9. The molecule has 1 aliphatic heterocycles. The highest BCUT2D eigenvalue weighted by atomic mass is 32.2. The Hall–Kier alpha value is -2.93. The number of hydrogen-bond donors (Lipinski definition) is 0. The first-order valence-corrected chi connectivity index (χ1v) is 9.29. The van der Waals surface area contributed by atoms with E-state index < -0.39 is 11.1 Å². The first kappa shape index (κ1) is 18.8. The van der Waals surface area contributed by atoms with Crippen LogP contribution in [-0.4, -0.2) is 52.0 Å². The van der Waals surface area contributed by atoms with Crippen LogP contribution in [0.4, 0.5) is 4.79 Å². The molecule has 0 aliphatic carbocycles. The maximum Gasteiger partial charge on any atom is 0.294 e. The number of amides is 3. The van der Waals surface area contributed by atoms with E-state index in [0.29, 0.717) is 17.9 Å². The third-order valence-corrected chi connectivity index (χ3v) is 5.08. The van der Waals surface area contributed by atoms with Gasteiger partial charge < -0.3 is 4.90 Å². The van der Waals surface area contributed by atoms with Crippen molar-refractivity contribution in [2.45, 2.75) is 6.42 Å². The fourth-order valence-corrected chi connectivity index (χ4v) is 3.40. The highest BCUT2D eigenvalue weighted by Crippen LogP contribution is 2.32. The predicted molar refractivity (Wildman–Crippen MR) is 105 cm³/mol. The molecule has 6 nitrogen and oxygen atoms in total. The molecule has 27 heavy (non-hydrogen) atoms. The Bertz CT molecular complexity index is 869. The zero-order valence-corrected chi connectivity index (χ0v) is 15.7. The first-order chi connectivity index (χ1) is 13.0. The number of aromatic nitrogens is 1. The van der Waals surface area contributed by atoms with Crippen molar-refractivity contribution in [2.24, 2.45) is 0 Å². The second-order valence-corrected chi connectivity index (χ2v) is 7.09. The van der Waals surface area contributed by atoms with Crippen molar-refractivity contribution in [3.05, 3.63) is 70.9 Å². The molecule has 0 unspecified atom stereocenters. The quantitative estimate of drug-likeness (QED) is 0.720. The van der Waals surface area contributed by atoms with Gasteiger partial charge in [-0.15, -0.1) is 0 Å². The lowest BCUT2D eigenvalue weighted by Crippen LogP contribution is -2.41. The molecule has 0 atom stereocenters. The Kier molecular flexibility index (Phi) is 6.03. The van der Waals surface area contributed by atoms with Gasteiger partial charge >= 0.3 is 0 Å². The van der Waals surface area contributed by atoms with Gasteiger partial charge in [-0.1, -0.05) is 30.3 Å². The Morgan fingerprint density at radius 2 is 1.85 bits per heavy atom. The molecular weight excluding hydrogens is 362 g/mol. The summed E-state index contributed by atoms with van der Waals surface area (Å²) >= 11 is 0.861. The first-order valence-electron chi connectivity index (χ1n) is 8.48. The van der Waals surface area contributed by atoms with Crippen LogP contribution in [0.15, 0.2) is 59.8 Å². The molecule has 138 valence electrons. The Morgan fingerprint density at radius 1 is 1.15 bits per heavy atom. The summed E-state index contributed by atoms with van der Waals surface area (Å²) in [5, 5.41) is -0.418. The summed E-state index contributed by atoms with van der Waals surface area (Å²) in [6.45, 7) is 0.253. The van der Waals surface area contributed by atoms with Crippen LogP contribution in [0.5, 0.6) is 0 Å². The molecule has 3 rings (SSSR count). The van der Waals surface area contributed by atoms with Crippen molar-refractivity contribution >= 4 is 34.9 Å². The number of carbonyl (C=O) groups is 3. The van der Waals surface area contributed by atoms with Crippen molar-refractivity contribution in [1.29, 1.82) is 0 Å². The summed E-state index contributed by atoms with van der Waals surface area (Å²) in [4.78, 5) is 43.9. The van der Waals surface area contributed by atoms with Gasteiger partial charge in [-0.05, 0) is 47.5 Å². The highest BCUT2D eigenvalue weighted by molar-refractivity contribution is 8.18. The van der Waals surface area contributed by atoms with Crippen LogP contribution in [0.2, 0.25) is 0 Å². The third kappa shape index (κ3) is 4.83. The van der Waals surface area contributed by atoms with Crippen LogP contribution in [-0.2, 0) is 16.0 Å². The maximum atomic E-state index is 12.5. The van der Waals surface area contributed by atoms with Crippen molar-refractivity contribution in [3.8, 4) is 0 Å². The van der Waals surface area contributed by atoms with Gasteiger partial charge in [-0.2, -0.15) is 0 Å². The molecule has 1 fully saturated rings. The molecule has 0 bridgehead atoms. The van der Waals surface area contributed by atoms with Gasteiger partial charge in [0.15, 0.2) is 0 Å². The predicted octanol–water partition coefficient (Wildman–Crippen LogP) is 2.82. The number of benzene rings is 1. The summed E-state index contributed by atoms with van der Waals surface area (Å²) in [7, 11) is 1.67. The van der Waals surface area contributed by atoms with Crippen LogP contribution >= 0.6 is 11.8 Å². The number of likely N-dealkylation sites (N-methyl/N-ethyl adjacent to an activating group) is 1. The molecule has 0 N–H and O–H groups in total. The van der Waals surface area contributed by atoms with Gasteiger partial charge in [0.25, 0.3) is 11.1 Å². The van der Waals surface area contributed by atoms with Crippen LogP contribution < -0.4 is 0 Å². The molecular formula is C20H19N3O3S. The zero-order chi connectivity index (χ0) is 19.2. The molecule has 2 aromatic rings. The number of hydrogen-bond acceptors (Lipinski definition) is 5. The molecule has 0 spiro atoms. The normalized spacial score (nSPS) is 15.4. The monoisotopic (exact) mass is 381 g/mol. The average Bonchev–Trinajstić information content (AvgIpc) is 2.95. The fourth-order valence-electron chi connectivity index (χ4n) is 2.56. The molecule has 0 saturated carbocycles. The minimum Gasteiger partial charge on any atom is -0.344 e. The van der Waals surface area contributed by atoms with Crippen molar-refractivity contribution in [1.82, 2.24) is 14.8 Å². The number of carbonyl (C=O) groups excluding carboxylic acids is 3. The molecule has 3 amide bonds. The van der Waals surface area contributed by atoms with E-state index in [-0.39, 0.29) is 12.5 Å². The van der Waals surface area contributed by atoms with Gasteiger partial charge in [0.2, 0.25) is 5.91 Å². The molecule has 2 heterocycles. The van der Waals surface area contributed by atoms with Crippen molar-refractivity contribution < 1.29 is 14.4 Å². The lowest BCUT2D eigenvalue weighted by atomic mass is 10.2. The molecule has 7 heteroatoms. The minimum atomic E-state index is -0.426. The molecule has 1 aromatic heterocycles. The standard InChI is InChI=1S/C20H19N3O3S/c1-22(12-9-15-7-10-21-11-8-15)18(24)14-23-19(25)17(27-20(23)26)13-16-5-3-2-4-6-16/h2-8,10-11,13H,9,12,14H2,1H3/b17-13+. The number of imide groups is 1. The topological polar surface area (TPSA) is 70.6 Å². The Balaban J connectivity index is 1.59. The van der Waals surface area contributed by atoms with E-state index in [1.54, 1.807) is 25.5 Å². The van der Waals surface area contributed by atoms with Gasteiger partial charge in [0.1, 0.15) is 6.54 Å². The van der Waals surface area contributed by atoms with Gasteiger partial charge in [-0.3, -0.25) is 24.3 Å². The lowest BCUT2D eigenvalue weighted by Gasteiger charge is -2.20. The summed E-state index contributed by atoms with van der Waals surface area (Å²) < 4.78 is 0. The molecule has 1 aromatic carbocycles. The third-order valence-electron chi connectivity index (χ3n) is 4.18. The van der Waals surface area contributed by atoms with E-state index in [4.69, 9.17) is 0 Å². The largest absolute Gasteiger partial charge is 0.344 e. The lowest BCUT2D eigenvalue weighted by molar-refractivity contribution is -0.134. The highest BCUT2D eigenvalue weighted by Gasteiger charge is 2.36. The van der Waals surface area contributed by atoms with Crippen LogP contribution in [0, 0.1) is 0 Å². The van der Waals surface area contributed by atoms with Gasteiger partial charge in [-0.25, -0.2) is 0 Å². The average molecular weight is 381 g/mol. The van der Waals surface area contributed by atoms with E-state index in [2.05, 4.69) is 4.98 Å². The smallest absolute Gasteiger partial charge is 0.294 e. The number of nitrogens with zero attached hydrogens (tertiary/aromatic N) is 3. The minimum absolute atomic E-state index is 0.246. The molecule has 1 aliphatic rings.